The highest BCUT2D eigenvalue weighted by Gasteiger charge is 2.45. The molecule has 2 saturated heterocycles. The molecule has 252 valence electrons. The van der Waals surface area contributed by atoms with E-state index < -0.39 is 35.5 Å². The molecule has 0 aliphatic carbocycles. The van der Waals surface area contributed by atoms with Gasteiger partial charge in [0.2, 0.25) is 11.8 Å². The number of imide groups is 2. The van der Waals surface area contributed by atoms with Gasteiger partial charge in [-0.1, -0.05) is 37.2 Å². The lowest BCUT2D eigenvalue weighted by atomic mass is 9.83. The van der Waals surface area contributed by atoms with Gasteiger partial charge in [0, 0.05) is 48.8 Å². The van der Waals surface area contributed by atoms with Crippen molar-refractivity contribution in [2.75, 3.05) is 29.4 Å². The number of rotatable bonds is 9. The summed E-state index contributed by atoms with van der Waals surface area (Å²) in [7, 11) is 0. The molecule has 1 N–H and O–H groups in total. The van der Waals surface area contributed by atoms with Gasteiger partial charge in [-0.15, -0.1) is 6.58 Å². The molecule has 2 fully saturated rings. The SMILES string of the molecule is C=CC(C)(C)[C@H](C)N(CC1CCN(c2cc3c(cc2F)C(=O)N(C2CCC(=O)NC2=O)C3=O)C1)c1cc(-c2c(C)noc2C)ccc1C. The first-order chi connectivity index (χ1) is 22.7. The van der Waals surface area contributed by atoms with Crippen LogP contribution in [0.15, 0.2) is 47.5 Å². The van der Waals surface area contributed by atoms with Crippen molar-refractivity contribution in [1.82, 2.24) is 15.4 Å². The van der Waals surface area contributed by atoms with E-state index in [0.717, 1.165) is 51.2 Å². The summed E-state index contributed by atoms with van der Waals surface area (Å²) in [5.41, 5.74) is 5.09. The van der Waals surface area contributed by atoms with Gasteiger partial charge in [-0.05, 0) is 75.8 Å². The third-order valence-corrected chi connectivity index (χ3v) is 10.5. The number of fused-ring (bicyclic) bond motifs is 1. The third kappa shape index (κ3) is 5.69. The van der Waals surface area contributed by atoms with Gasteiger partial charge < -0.3 is 14.3 Å². The molecule has 2 unspecified atom stereocenters. The van der Waals surface area contributed by atoms with E-state index in [4.69, 9.17) is 4.52 Å². The maximum absolute atomic E-state index is 15.7. The second kappa shape index (κ2) is 12.3. The lowest BCUT2D eigenvalue weighted by Gasteiger charge is -2.42. The Bertz CT molecular complexity index is 1830. The highest BCUT2D eigenvalue weighted by atomic mass is 19.1. The van der Waals surface area contributed by atoms with E-state index in [-0.39, 0.29) is 47.0 Å². The lowest BCUT2D eigenvalue weighted by molar-refractivity contribution is -0.136. The van der Waals surface area contributed by atoms with E-state index in [1.165, 1.54) is 6.07 Å². The predicted octanol–water partition coefficient (Wildman–Crippen LogP) is 5.74. The first-order valence-corrected chi connectivity index (χ1v) is 16.5. The van der Waals surface area contributed by atoms with E-state index in [2.05, 4.69) is 67.8 Å². The number of halogens is 1. The minimum atomic E-state index is -1.11. The number of nitrogens with zero attached hydrogens (tertiary/aromatic N) is 4. The minimum absolute atomic E-state index is 0.0157. The minimum Gasteiger partial charge on any atom is -0.369 e. The number of aryl methyl sites for hydroxylation is 3. The largest absolute Gasteiger partial charge is 0.369 e. The molecule has 0 spiro atoms. The molecule has 1 aromatic heterocycles. The number of hydrogen-bond acceptors (Lipinski definition) is 8. The summed E-state index contributed by atoms with van der Waals surface area (Å²) in [5, 5.41) is 6.35. The summed E-state index contributed by atoms with van der Waals surface area (Å²) >= 11 is 0. The monoisotopic (exact) mass is 655 g/mol. The molecule has 6 rings (SSSR count). The van der Waals surface area contributed by atoms with Crippen LogP contribution in [0.5, 0.6) is 0 Å². The average molecular weight is 656 g/mol. The number of nitrogens with one attached hydrogen (secondary N) is 1. The number of carbonyl (C=O) groups is 4. The van der Waals surface area contributed by atoms with Crippen LogP contribution in [0, 0.1) is 37.9 Å². The van der Waals surface area contributed by atoms with Gasteiger partial charge in [-0.2, -0.15) is 0 Å². The first-order valence-electron chi connectivity index (χ1n) is 16.5. The maximum Gasteiger partial charge on any atom is 0.262 e. The van der Waals surface area contributed by atoms with Gasteiger partial charge in [0.25, 0.3) is 11.8 Å². The zero-order valence-electron chi connectivity index (χ0n) is 28.4. The fourth-order valence-electron chi connectivity index (χ4n) is 7.21. The average Bonchev–Trinajstić information content (AvgIpc) is 3.71. The summed E-state index contributed by atoms with van der Waals surface area (Å²) in [6, 6.07) is 7.92. The molecule has 0 bridgehead atoms. The molecule has 0 radical (unpaired) electrons. The van der Waals surface area contributed by atoms with E-state index in [1.807, 2.05) is 24.8 Å². The molecule has 0 saturated carbocycles. The Hall–Kier alpha value is -4.80. The first kappa shape index (κ1) is 33.1. The van der Waals surface area contributed by atoms with Crippen molar-refractivity contribution in [2.24, 2.45) is 11.3 Å². The zero-order chi connectivity index (χ0) is 34.7. The van der Waals surface area contributed by atoms with Crippen LogP contribution in [0.4, 0.5) is 15.8 Å². The Morgan fingerprint density at radius 1 is 1.10 bits per heavy atom. The summed E-state index contributed by atoms with van der Waals surface area (Å²) in [6.07, 6.45) is 2.83. The quantitative estimate of drug-likeness (QED) is 0.229. The number of benzene rings is 2. The smallest absolute Gasteiger partial charge is 0.262 e. The molecule has 4 heterocycles. The molecule has 10 nitrogen and oxygen atoms in total. The van der Waals surface area contributed by atoms with Gasteiger partial charge in [-0.3, -0.25) is 29.4 Å². The molecular weight excluding hydrogens is 613 g/mol. The topological polar surface area (TPSA) is 116 Å². The van der Waals surface area contributed by atoms with E-state index in [9.17, 15) is 19.2 Å². The second-order valence-corrected chi connectivity index (χ2v) is 14.0. The highest BCUT2D eigenvalue weighted by molar-refractivity contribution is 6.23. The number of amides is 4. The number of anilines is 2. The van der Waals surface area contributed by atoms with Crippen LogP contribution in [0.25, 0.3) is 11.1 Å². The number of piperidine rings is 1. The molecule has 3 aromatic rings. The zero-order valence-corrected chi connectivity index (χ0v) is 28.4. The summed E-state index contributed by atoms with van der Waals surface area (Å²) in [5.74, 6) is -2.19. The normalized spacial score (nSPS) is 20.3. The van der Waals surface area contributed by atoms with Crippen LogP contribution in [0.2, 0.25) is 0 Å². The van der Waals surface area contributed by atoms with E-state index in [0.29, 0.717) is 19.6 Å². The molecule has 48 heavy (non-hydrogen) atoms. The molecule has 4 amide bonds. The Kier molecular flexibility index (Phi) is 8.51. The molecule has 3 atom stereocenters. The standard InChI is InChI=1S/C37H42FN5O5/c1-8-37(6,7)23(5)42(30-15-25(10-9-20(30)2)33-21(3)40-48-22(33)4)19-24-13-14-41(18-24)31-17-27-26(16-28(31)38)35(46)43(36(27)47)29-11-12-32(44)39-34(29)45/h8-10,15-17,23-24,29H,1,11-14,18-19H2,2-7H3,(H,39,44,45)/t23-,24?,29?/m0/s1. The van der Waals surface area contributed by atoms with Gasteiger partial charge in [-0.25, -0.2) is 4.39 Å². The predicted molar refractivity (Wildman–Crippen MR) is 180 cm³/mol. The molecule has 2 aromatic carbocycles. The molecular formula is C37H42FN5O5. The van der Waals surface area contributed by atoms with Crippen molar-refractivity contribution in [2.45, 2.75) is 72.9 Å². The van der Waals surface area contributed by atoms with Crippen molar-refractivity contribution >= 4 is 35.0 Å². The fourth-order valence-corrected chi connectivity index (χ4v) is 7.21. The summed E-state index contributed by atoms with van der Waals surface area (Å²) < 4.78 is 21.2. The van der Waals surface area contributed by atoms with Crippen LogP contribution >= 0.6 is 0 Å². The van der Waals surface area contributed by atoms with Gasteiger partial charge in [0.1, 0.15) is 17.6 Å². The lowest BCUT2D eigenvalue weighted by Crippen LogP contribution is -2.54. The second-order valence-electron chi connectivity index (χ2n) is 14.0. The number of hydrogen-bond donors (Lipinski definition) is 1. The van der Waals surface area contributed by atoms with Crippen LogP contribution < -0.4 is 15.1 Å². The highest BCUT2D eigenvalue weighted by Crippen LogP contribution is 2.39. The van der Waals surface area contributed by atoms with E-state index in [1.54, 1.807) is 0 Å². The fraction of sp³-hybridized carbons (Fsp3) is 0.432. The van der Waals surface area contributed by atoms with Gasteiger partial charge in [0.15, 0.2) is 0 Å². The van der Waals surface area contributed by atoms with Gasteiger partial charge in [0.05, 0.1) is 22.5 Å². The summed E-state index contributed by atoms with van der Waals surface area (Å²) in [4.78, 5) is 56.0. The van der Waals surface area contributed by atoms with E-state index >= 15 is 4.39 Å². The number of aromatic nitrogens is 1. The Morgan fingerprint density at radius 3 is 2.46 bits per heavy atom. The Morgan fingerprint density at radius 2 is 1.81 bits per heavy atom. The van der Waals surface area contributed by atoms with Crippen molar-refractivity contribution < 1.29 is 28.1 Å². The maximum atomic E-state index is 15.7. The van der Waals surface area contributed by atoms with Crippen molar-refractivity contribution in [3.8, 4) is 11.1 Å². The third-order valence-electron chi connectivity index (χ3n) is 10.5. The summed E-state index contributed by atoms with van der Waals surface area (Å²) in [6.45, 7) is 18.4. The molecule has 3 aliphatic rings. The Balaban J connectivity index is 1.27. The molecule has 11 heteroatoms. The van der Waals surface area contributed by atoms with Crippen LogP contribution in [0.1, 0.15) is 77.8 Å². The van der Waals surface area contributed by atoms with Crippen LogP contribution in [-0.4, -0.2) is 65.4 Å². The van der Waals surface area contributed by atoms with Crippen molar-refractivity contribution in [3.05, 3.63) is 76.9 Å². The van der Waals surface area contributed by atoms with Crippen molar-refractivity contribution in [1.29, 1.82) is 0 Å². The number of carbonyl (C=O) groups excluding carboxylic acids is 4. The van der Waals surface area contributed by atoms with Crippen LogP contribution in [0.3, 0.4) is 0 Å². The molecule has 3 aliphatic heterocycles. The Labute approximate surface area is 279 Å². The van der Waals surface area contributed by atoms with Crippen molar-refractivity contribution in [3.63, 3.8) is 0 Å². The van der Waals surface area contributed by atoms with Gasteiger partial charge >= 0.3 is 0 Å². The van der Waals surface area contributed by atoms with Crippen LogP contribution in [-0.2, 0) is 9.59 Å².